The number of nitrogens with one attached hydrogen (secondary N) is 2. The molecule has 3 aromatic carbocycles. The van der Waals surface area contributed by atoms with Crippen molar-refractivity contribution in [2.75, 3.05) is 5.32 Å². The Bertz CT molecular complexity index is 1510. The van der Waals surface area contributed by atoms with Crippen molar-refractivity contribution in [2.45, 2.75) is 44.9 Å². The number of hydrogen-bond donors (Lipinski definition) is 3. The molecule has 1 fully saturated rings. The van der Waals surface area contributed by atoms with Gasteiger partial charge in [0.25, 0.3) is 0 Å². The van der Waals surface area contributed by atoms with Crippen molar-refractivity contribution in [3.8, 4) is 22.9 Å². The number of urea groups is 1. The molecule has 0 bridgehead atoms. The van der Waals surface area contributed by atoms with E-state index in [1.807, 2.05) is 48.5 Å². The second-order valence-electron chi connectivity index (χ2n) is 9.74. The van der Waals surface area contributed by atoms with E-state index in [9.17, 15) is 14.7 Å². The standard InChI is InChI=1S/C31H29ClN4O5/c32-23-5-3-4-20(14-23)18-40-25-10-8-22(9-11-25)29-33-16-21(17-34-29)19-41-26-12-13-28(27(15-26)30(37)38)36-31(39)35-24-6-1-2-7-24/h3-5,8-17,24H,1-2,6-7,18-19H2,(H,37,38)(H2,35,36,39). The Morgan fingerprint density at radius 3 is 2.27 bits per heavy atom. The van der Waals surface area contributed by atoms with E-state index in [-0.39, 0.29) is 23.9 Å². The molecule has 3 N–H and O–H groups in total. The summed E-state index contributed by atoms with van der Waals surface area (Å²) in [5, 5.41) is 15.9. The minimum absolute atomic E-state index is 0.0596. The number of carboxylic acids is 1. The first-order valence-corrected chi connectivity index (χ1v) is 13.7. The van der Waals surface area contributed by atoms with Crippen LogP contribution in [0.3, 0.4) is 0 Å². The van der Waals surface area contributed by atoms with Crippen molar-refractivity contribution in [1.82, 2.24) is 15.3 Å². The Labute approximate surface area is 242 Å². The maximum Gasteiger partial charge on any atom is 0.337 e. The van der Waals surface area contributed by atoms with Gasteiger partial charge in [0.15, 0.2) is 5.82 Å². The van der Waals surface area contributed by atoms with E-state index >= 15 is 0 Å². The van der Waals surface area contributed by atoms with Crippen LogP contribution in [0.25, 0.3) is 11.4 Å². The molecule has 1 aromatic heterocycles. The van der Waals surface area contributed by atoms with Crippen LogP contribution >= 0.6 is 11.6 Å². The first-order chi connectivity index (χ1) is 19.9. The molecule has 4 aromatic rings. The molecule has 2 amide bonds. The molecule has 0 atom stereocenters. The van der Waals surface area contributed by atoms with Crippen LogP contribution in [0.5, 0.6) is 11.5 Å². The molecule has 0 saturated heterocycles. The second-order valence-corrected chi connectivity index (χ2v) is 10.2. The lowest BCUT2D eigenvalue weighted by Crippen LogP contribution is -2.36. The Kier molecular flexibility index (Phi) is 8.95. The number of aromatic carboxylic acids is 1. The number of carboxylic acid groups (broad SMARTS) is 1. The first-order valence-electron chi connectivity index (χ1n) is 13.3. The Hall–Kier alpha value is -4.63. The number of benzene rings is 3. The molecule has 1 heterocycles. The topological polar surface area (TPSA) is 123 Å². The molecule has 210 valence electrons. The zero-order valence-electron chi connectivity index (χ0n) is 22.2. The van der Waals surface area contributed by atoms with Crippen LogP contribution in [-0.2, 0) is 13.2 Å². The average Bonchev–Trinajstić information content (AvgIpc) is 3.49. The van der Waals surface area contributed by atoms with Gasteiger partial charge in [-0.15, -0.1) is 0 Å². The van der Waals surface area contributed by atoms with Crippen LogP contribution in [-0.4, -0.2) is 33.1 Å². The molecule has 5 rings (SSSR count). The highest BCUT2D eigenvalue weighted by molar-refractivity contribution is 6.30. The van der Waals surface area contributed by atoms with Crippen LogP contribution in [0.4, 0.5) is 10.5 Å². The maximum atomic E-state index is 12.3. The number of nitrogens with zero attached hydrogens (tertiary/aromatic N) is 2. The quantitative estimate of drug-likeness (QED) is 0.193. The average molecular weight is 573 g/mol. The molecule has 0 unspecified atom stereocenters. The number of amides is 2. The Balaban J connectivity index is 1.15. The van der Waals surface area contributed by atoms with Gasteiger partial charge in [0.2, 0.25) is 0 Å². The third-order valence-corrected chi connectivity index (χ3v) is 6.91. The molecule has 0 radical (unpaired) electrons. The summed E-state index contributed by atoms with van der Waals surface area (Å²) in [6.07, 6.45) is 7.35. The lowest BCUT2D eigenvalue weighted by molar-refractivity contribution is 0.0697. The van der Waals surface area contributed by atoms with E-state index in [0.29, 0.717) is 28.8 Å². The molecule has 10 heteroatoms. The zero-order valence-corrected chi connectivity index (χ0v) is 22.9. The predicted octanol–water partition coefficient (Wildman–Crippen LogP) is 6.72. The van der Waals surface area contributed by atoms with Crippen molar-refractivity contribution in [1.29, 1.82) is 0 Å². The van der Waals surface area contributed by atoms with Crippen molar-refractivity contribution < 1.29 is 24.2 Å². The monoisotopic (exact) mass is 572 g/mol. The minimum atomic E-state index is -1.17. The van der Waals surface area contributed by atoms with E-state index < -0.39 is 12.0 Å². The van der Waals surface area contributed by atoms with Gasteiger partial charge in [-0.2, -0.15) is 0 Å². The van der Waals surface area contributed by atoms with Crippen molar-refractivity contribution >= 4 is 29.3 Å². The molecule has 1 saturated carbocycles. The van der Waals surface area contributed by atoms with Gasteiger partial charge in [-0.05, 0) is 73.0 Å². The summed E-state index contributed by atoms with van der Waals surface area (Å²) in [4.78, 5) is 33.0. The summed E-state index contributed by atoms with van der Waals surface area (Å²) in [5.41, 5.74) is 2.67. The summed E-state index contributed by atoms with van der Waals surface area (Å²) in [6, 6.07) is 19.2. The van der Waals surface area contributed by atoms with Gasteiger partial charge >= 0.3 is 12.0 Å². The number of carbonyl (C=O) groups is 2. The highest BCUT2D eigenvalue weighted by Crippen LogP contribution is 2.25. The number of hydrogen-bond acceptors (Lipinski definition) is 6. The van der Waals surface area contributed by atoms with Crippen molar-refractivity contribution in [2.24, 2.45) is 0 Å². The fourth-order valence-corrected chi connectivity index (χ4v) is 4.76. The fraction of sp³-hybridized carbons (Fsp3) is 0.226. The predicted molar refractivity (Wildman–Crippen MR) is 155 cm³/mol. The van der Waals surface area contributed by atoms with E-state index in [2.05, 4.69) is 20.6 Å². The minimum Gasteiger partial charge on any atom is -0.489 e. The summed E-state index contributed by atoms with van der Waals surface area (Å²) >= 11 is 6.02. The highest BCUT2D eigenvalue weighted by atomic mass is 35.5. The molecule has 0 spiro atoms. The van der Waals surface area contributed by atoms with E-state index in [0.717, 1.165) is 42.6 Å². The van der Waals surface area contributed by atoms with Gasteiger partial charge in [0.1, 0.15) is 24.7 Å². The highest BCUT2D eigenvalue weighted by Gasteiger charge is 2.19. The van der Waals surface area contributed by atoms with Crippen LogP contribution in [0.15, 0.2) is 79.1 Å². The summed E-state index contributed by atoms with van der Waals surface area (Å²) in [7, 11) is 0. The van der Waals surface area contributed by atoms with Gasteiger partial charge in [-0.3, -0.25) is 0 Å². The fourth-order valence-electron chi connectivity index (χ4n) is 4.55. The van der Waals surface area contributed by atoms with Gasteiger partial charge in [-0.1, -0.05) is 36.6 Å². The van der Waals surface area contributed by atoms with Crippen LogP contribution in [0.1, 0.15) is 47.2 Å². The Morgan fingerprint density at radius 1 is 0.878 bits per heavy atom. The molecular formula is C31H29ClN4O5. The summed E-state index contributed by atoms with van der Waals surface area (Å²) < 4.78 is 11.6. The lowest BCUT2D eigenvalue weighted by Gasteiger charge is -2.15. The van der Waals surface area contributed by atoms with Crippen LogP contribution < -0.4 is 20.1 Å². The summed E-state index contributed by atoms with van der Waals surface area (Å²) in [6.45, 7) is 0.554. The van der Waals surface area contributed by atoms with Gasteiger partial charge in [0, 0.05) is 34.6 Å². The number of anilines is 1. The largest absolute Gasteiger partial charge is 0.489 e. The Morgan fingerprint density at radius 2 is 1.56 bits per heavy atom. The normalized spacial score (nSPS) is 13.0. The molecule has 0 aliphatic heterocycles. The third kappa shape index (κ3) is 7.73. The smallest absolute Gasteiger partial charge is 0.337 e. The van der Waals surface area contributed by atoms with Gasteiger partial charge in [-0.25, -0.2) is 19.6 Å². The van der Waals surface area contributed by atoms with Crippen molar-refractivity contribution in [3.63, 3.8) is 0 Å². The second kappa shape index (κ2) is 13.1. The van der Waals surface area contributed by atoms with Crippen molar-refractivity contribution in [3.05, 3.63) is 101 Å². The molecular weight excluding hydrogens is 544 g/mol. The molecule has 1 aliphatic carbocycles. The zero-order chi connectivity index (χ0) is 28.6. The number of carbonyl (C=O) groups excluding carboxylic acids is 1. The molecule has 41 heavy (non-hydrogen) atoms. The van der Waals surface area contributed by atoms with Crippen LogP contribution in [0.2, 0.25) is 5.02 Å². The molecule has 1 aliphatic rings. The maximum absolute atomic E-state index is 12.3. The number of rotatable bonds is 10. The van der Waals surface area contributed by atoms with E-state index in [1.165, 1.54) is 12.1 Å². The van der Waals surface area contributed by atoms with Gasteiger partial charge < -0.3 is 25.2 Å². The number of halogens is 1. The van der Waals surface area contributed by atoms with Crippen LogP contribution in [0, 0.1) is 0 Å². The lowest BCUT2D eigenvalue weighted by atomic mass is 10.1. The van der Waals surface area contributed by atoms with E-state index in [4.69, 9.17) is 21.1 Å². The van der Waals surface area contributed by atoms with E-state index in [1.54, 1.807) is 18.5 Å². The van der Waals surface area contributed by atoms with Gasteiger partial charge in [0.05, 0.1) is 11.3 Å². The number of ether oxygens (including phenoxy) is 2. The summed E-state index contributed by atoms with van der Waals surface area (Å²) in [5.74, 6) is 0.450. The first kappa shape index (κ1) is 27.9. The molecule has 9 nitrogen and oxygen atoms in total. The SMILES string of the molecule is O=C(Nc1ccc(OCc2cnc(-c3ccc(OCc4cccc(Cl)c4)cc3)nc2)cc1C(=O)O)NC1CCCC1. The third-order valence-electron chi connectivity index (χ3n) is 6.68. The number of aromatic nitrogens is 2.